The van der Waals surface area contributed by atoms with Crippen LogP contribution in [0.5, 0.6) is 5.75 Å². The minimum Gasteiger partial charge on any atom is -0.497 e. The largest absolute Gasteiger partial charge is 0.497 e. The van der Waals surface area contributed by atoms with Crippen LogP contribution in [0, 0.1) is 18.3 Å². The van der Waals surface area contributed by atoms with Gasteiger partial charge in [0.25, 0.3) is 0 Å². The molecule has 0 aromatic heterocycles. The van der Waals surface area contributed by atoms with E-state index in [1.165, 1.54) is 38.2 Å². The lowest BCUT2D eigenvalue weighted by molar-refractivity contribution is -0.237. The number of nitrogens with one attached hydrogen (secondary N) is 1. The number of halogens is 4. The summed E-state index contributed by atoms with van der Waals surface area (Å²) in [6.45, 7) is 0. The van der Waals surface area contributed by atoms with Crippen molar-refractivity contribution in [3.05, 3.63) is 58.6 Å². The van der Waals surface area contributed by atoms with Gasteiger partial charge in [0.1, 0.15) is 5.75 Å². The molecule has 2 aromatic rings. The monoisotopic (exact) mass is 409 g/mol. The van der Waals surface area contributed by atoms with Crippen molar-refractivity contribution < 1.29 is 22.6 Å². The molecular formula is C21H19ClF3NO2. The highest BCUT2D eigenvalue weighted by atomic mass is 35.5. The topological polar surface area (TPSA) is 30.5 Å². The van der Waals surface area contributed by atoms with Crippen molar-refractivity contribution in [2.75, 3.05) is 12.4 Å². The molecule has 0 saturated heterocycles. The standard InChI is InChI=1S/C16H13ClF3NO2.C5H6/c1-22-11-5-2-9(3-6-11)15-21-13-7-4-10(17)8-12(13)14(23-15)16(18,19)20;1-2-5-3-4-5/h2-8,14-15,21H,1H3;1,5H,3-4H2. The van der Waals surface area contributed by atoms with E-state index in [1.54, 1.807) is 24.3 Å². The van der Waals surface area contributed by atoms with Crippen LogP contribution >= 0.6 is 11.6 Å². The van der Waals surface area contributed by atoms with Crippen molar-refractivity contribution >= 4 is 17.3 Å². The molecule has 1 N–H and O–H groups in total. The summed E-state index contributed by atoms with van der Waals surface area (Å²) >= 11 is 5.81. The van der Waals surface area contributed by atoms with Gasteiger partial charge < -0.3 is 14.8 Å². The summed E-state index contributed by atoms with van der Waals surface area (Å²) in [5, 5.41) is 3.19. The molecule has 0 bridgehead atoms. The van der Waals surface area contributed by atoms with Gasteiger partial charge in [0, 0.05) is 27.8 Å². The molecule has 0 spiro atoms. The zero-order valence-electron chi connectivity index (χ0n) is 15.1. The van der Waals surface area contributed by atoms with E-state index in [2.05, 4.69) is 11.2 Å². The Morgan fingerprint density at radius 1 is 1.18 bits per heavy atom. The van der Waals surface area contributed by atoms with Crippen molar-refractivity contribution in [1.29, 1.82) is 0 Å². The van der Waals surface area contributed by atoms with Gasteiger partial charge in [-0.25, -0.2) is 0 Å². The lowest BCUT2D eigenvalue weighted by Gasteiger charge is -2.35. The van der Waals surface area contributed by atoms with Crippen LogP contribution in [0.4, 0.5) is 18.9 Å². The van der Waals surface area contributed by atoms with Crippen LogP contribution in [0.25, 0.3) is 0 Å². The first-order valence-electron chi connectivity index (χ1n) is 8.70. The highest BCUT2D eigenvalue weighted by Crippen LogP contribution is 2.46. The number of hydrogen-bond acceptors (Lipinski definition) is 3. The highest BCUT2D eigenvalue weighted by molar-refractivity contribution is 6.30. The predicted octanol–water partition coefficient (Wildman–Crippen LogP) is 6.12. The molecule has 28 heavy (non-hydrogen) atoms. The summed E-state index contributed by atoms with van der Waals surface area (Å²) in [6, 6.07) is 11.0. The number of rotatable bonds is 2. The Bertz CT molecular complexity index is 857. The molecule has 1 aliphatic heterocycles. The second kappa shape index (κ2) is 8.34. The molecule has 0 radical (unpaired) electrons. The normalized spacial score (nSPS) is 20.7. The molecule has 1 aliphatic carbocycles. The van der Waals surface area contributed by atoms with Crippen LogP contribution < -0.4 is 10.1 Å². The molecule has 148 valence electrons. The lowest BCUT2D eigenvalue weighted by Crippen LogP contribution is -2.32. The first kappa shape index (κ1) is 20.4. The fraction of sp³-hybridized carbons (Fsp3) is 0.333. The first-order chi connectivity index (χ1) is 13.3. The third-order valence-electron chi connectivity index (χ3n) is 4.38. The maximum Gasteiger partial charge on any atom is 0.419 e. The quantitative estimate of drug-likeness (QED) is 0.606. The predicted molar refractivity (Wildman–Crippen MR) is 102 cm³/mol. The number of methoxy groups -OCH3 is 1. The van der Waals surface area contributed by atoms with E-state index in [4.69, 9.17) is 27.5 Å². The van der Waals surface area contributed by atoms with E-state index < -0.39 is 18.5 Å². The fourth-order valence-electron chi connectivity index (χ4n) is 2.71. The minimum atomic E-state index is -4.54. The number of terminal acetylenes is 1. The van der Waals surface area contributed by atoms with Crippen LogP contribution in [0.15, 0.2) is 42.5 Å². The van der Waals surface area contributed by atoms with Crippen molar-refractivity contribution in [3.8, 4) is 18.1 Å². The molecule has 3 nitrogen and oxygen atoms in total. The molecule has 2 atom stereocenters. The van der Waals surface area contributed by atoms with Gasteiger partial charge in [-0.1, -0.05) is 23.7 Å². The summed E-state index contributed by atoms with van der Waals surface area (Å²) in [5.41, 5.74) is 0.902. The smallest absolute Gasteiger partial charge is 0.419 e. The van der Waals surface area contributed by atoms with Gasteiger partial charge in [-0.2, -0.15) is 13.2 Å². The zero-order chi connectivity index (χ0) is 20.3. The van der Waals surface area contributed by atoms with E-state index >= 15 is 0 Å². The van der Waals surface area contributed by atoms with Crippen molar-refractivity contribution in [2.24, 2.45) is 5.92 Å². The van der Waals surface area contributed by atoms with Gasteiger partial charge in [0.05, 0.1) is 7.11 Å². The Labute approximate surface area is 166 Å². The van der Waals surface area contributed by atoms with Gasteiger partial charge in [-0.15, -0.1) is 12.3 Å². The van der Waals surface area contributed by atoms with E-state index in [0.717, 1.165) is 0 Å². The molecule has 2 aliphatic rings. The lowest BCUT2D eigenvalue weighted by atomic mass is 10.0. The SMILES string of the molecule is C#CC1CC1.COc1ccc(C2Nc3ccc(Cl)cc3C(C(F)(F)F)O2)cc1. The van der Waals surface area contributed by atoms with Crippen LogP contribution in [-0.4, -0.2) is 13.3 Å². The van der Waals surface area contributed by atoms with Crippen LogP contribution in [0.2, 0.25) is 5.02 Å². The first-order valence-corrected chi connectivity index (χ1v) is 9.08. The second-order valence-corrected chi connectivity index (χ2v) is 6.96. The van der Waals surface area contributed by atoms with Crippen molar-refractivity contribution in [2.45, 2.75) is 31.3 Å². The zero-order valence-corrected chi connectivity index (χ0v) is 15.8. The van der Waals surface area contributed by atoms with Gasteiger partial charge in [0.2, 0.25) is 0 Å². The Morgan fingerprint density at radius 3 is 2.36 bits per heavy atom. The van der Waals surface area contributed by atoms with Crippen molar-refractivity contribution in [3.63, 3.8) is 0 Å². The molecule has 1 fully saturated rings. The van der Waals surface area contributed by atoms with Gasteiger partial charge in [-0.3, -0.25) is 0 Å². The number of alkyl halides is 3. The number of fused-ring (bicyclic) bond motifs is 1. The number of benzene rings is 2. The average Bonchev–Trinajstić information content (AvgIpc) is 3.51. The third kappa shape index (κ3) is 4.92. The molecule has 2 aromatic carbocycles. The highest BCUT2D eigenvalue weighted by Gasteiger charge is 2.47. The second-order valence-electron chi connectivity index (χ2n) is 6.53. The van der Waals surface area contributed by atoms with E-state index in [-0.39, 0.29) is 10.6 Å². The van der Waals surface area contributed by atoms with Crippen LogP contribution in [0.3, 0.4) is 0 Å². The molecule has 1 saturated carbocycles. The molecule has 1 heterocycles. The summed E-state index contributed by atoms with van der Waals surface area (Å²) in [5.74, 6) is 3.92. The summed E-state index contributed by atoms with van der Waals surface area (Å²) in [6.07, 6.45) is 0.0439. The average molecular weight is 410 g/mol. The number of ether oxygens (including phenoxy) is 2. The van der Waals surface area contributed by atoms with Crippen molar-refractivity contribution in [1.82, 2.24) is 0 Å². The maximum atomic E-state index is 13.3. The van der Waals surface area contributed by atoms with Crippen LogP contribution in [-0.2, 0) is 4.74 Å². The Balaban J connectivity index is 0.000000391. The minimum absolute atomic E-state index is 0.0187. The molecule has 4 rings (SSSR count). The van der Waals surface area contributed by atoms with E-state index in [0.29, 0.717) is 22.9 Å². The Morgan fingerprint density at radius 2 is 1.86 bits per heavy atom. The summed E-state index contributed by atoms with van der Waals surface area (Å²) < 4.78 is 50.3. The molecule has 2 unspecified atom stereocenters. The van der Waals surface area contributed by atoms with Crippen LogP contribution in [0.1, 0.15) is 36.3 Å². The number of hydrogen-bond donors (Lipinski definition) is 1. The summed E-state index contributed by atoms with van der Waals surface area (Å²) in [7, 11) is 1.52. The van der Waals surface area contributed by atoms with Gasteiger partial charge in [0.15, 0.2) is 12.3 Å². The Kier molecular flexibility index (Phi) is 6.07. The molecule has 7 heteroatoms. The van der Waals surface area contributed by atoms with E-state index in [9.17, 15) is 13.2 Å². The fourth-order valence-corrected chi connectivity index (χ4v) is 2.89. The third-order valence-corrected chi connectivity index (χ3v) is 4.62. The maximum absolute atomic E-state index is 13.3. The van der Waals surface area contributed by atoms with E-state index in [1.807, 2.05) is 0 Å². The van der Waals surface area contributed by atoms with Gasteiger partial charge >= 0.3 is 6.18 Å². The Hall–Kier alpha value is -2.36. The molecule has 0 amide bonds. The van der Waals surface area contributed by atoms with Gasteiger partial charge in [-0.05, 0) is 43.2 Å². The number of anilines is 1. The molecular weight excluding hydrogens is 391 g/mol. The summed E-state index contributed by atoms with van der Waals surface area (Å²) in [4.78, 5) is 0.